The molecule has 1 unspecified atom stereocenters. The van der Waals surface area contributed by atoms with E-state index in [9.17, 15) is 18.0 Å². The van der Waals surface area contributed by atoms with E-state index in [2.05, 4.69) is 22.0 Å². The van der Waals surface area contributed by atoms with Crippen molar-refractivity contribution in [3.05, 3.63) is 60.2 Å². The minimum absolute atomic E-state index is 0.0116. The van der Waals surface area contributed by atoms with Crippen LogP contribution in [-0.2, 0) is 25.8 Å². The van der Waals surface area contributed by atoms with Gasteiger partial charge in [-0.3, -0.25) is 19.4 Å². The quantitative estimate of drug-likeness (QED) is 0.599. The van der Waals surface area contributed by atoms with Gasteiger partial charge in [0.15, 0.2) is 9.84 Å². The summed E-state index contributed by atoms with van der Waals surface area (Å²) in [5.74, 6) is 0.0175. The van der Waals surface area contributed by atoms with E-state index in [0.29, 0.717) is 39.1 Å². The second kappa shape index (κ2) is 11.3. The number of rotatable bonds is 8. The molecule has 0 radical (unpaired) electrons. The van der Waals surface area contributed by atoms with E-state index in [1.54, 1.807) is 4.90 Å². The lowest BCUT2D eigenvalue weighted by molar-refractivity contribution is -0.121. The van der Waals surface area contributed by atoms with Crippen LogP contribution in [0.15, 0.2) is 54.6 Å². The Labute approximate surface area is 207 Å². The Bertz CT molecular complexity index is 1130. The normalized spacial score (nSPS) is 20.4. The van der Waals surface area contributed by atoms with Crippen LogP contribution in [0, 0.1) is 0 Å². The molecule has 0 bridgehead atoms. The fourth-order valence-corrected chi connectivity index (χ4v) is 6.54. The number of hydrogen-bond acceptors (Lipinski definition) is 6. The Kier molecular flexibility index (Phi) is 8.20. The Morgan fingerprint density at radius 1 is 0.943 bits per heavy atom. The number of aryl methyl sites for hydroxylation is 1. The Hall–Kier alpha value is -2.75. The molecule has 35 heavy (non-hydrogen) atoms. The SMILES string of the molecule is CCc1ccccc1NC(=O)CN1CCN(CC(=O)N(c2ccccc2)C2CCS(=O)(=O)C2)CC1. The predicted molar refractivity (Wildman–Crippen MR) is 138 cm³/mol. The highest BCUT2D eigenvalue weighted by Gasteiger charge is 2.36. The lowest BCUT2D eigenvalue weighted by atomic mass is 10.1. The molecule has 2 amide bonds. The van der Waals surface area contributed by atoms with Gasteiger partial charge in [-0.15, -0.1) is 0 Å². The second-order valence-electron chi connectivity index (χ2n) is 9.27. The molecule has 0 spiro atoms. The molecule has 9 heteroatoms. The summed E-state index contributed by atoms with van der Waals surface area (Å²) in [7, 11) is -3.11. The van der Waals surface area contributed by atoms with Crippen LogP contribution in [0.2, 0.25) is 0 Å². The zero-order chi connectivity index (χ0) is 24.8. The van der Waals surface area contributed by atoms with Crippen LogP contribution < -0.4 is 10.2 Å². The largest absolute Gasteiger partial charge is 0.325 e. The van der Waals surface area contributed by atoms with Gasteiger partial charge in [-0.2, -0.15) is 0 Å². The van der Waals surface area contributed by atoms with Crippen molar-refractivity contribution in [2.24, 2.45) is 0 Å². The third-order valence-corrected chi connectivity index (χ3v) is 8.49. The van der Waals surface area contributed by atoms with Gasteiger partial charge in [-0.25, -0.2) is 8.42 Å². The maximum absolute atomic E-state index is 13.3. The predicted octanol–water partition coefficient (Wildman–Crippen LogP) is 2.03. The lowest BCUT2D eigenvalue weighted by Gasteiger charge is -2.36. The number of nitrogens with zero attached hydrogens (tertiary/aromatic N) is 3. The standard InChI is InChI=1S/C26H34N4O4S/c1-2-21-8-6-7-11-24(21)27-25(31)18-28-13-15-29(16-14-28)19-26(32)30(22-9-4-3-5-10-22)23-12-17-35(33,34)20-23/h3-11,23H,2,12-20H2,1H3,(H,27,31). The van der Waals surface area contributed by atoms with Crippen molar-refractivity contribution in [2.75, 3.05) is 61.0 Å². The molecular formula is C26H34N4O4S. The van der Waals surface area contributed by atoms with Crippen LogP contribution in [0.5, 0.6) is 0 Å². The van der Waals surface area contributed by atoms with Gasteiger partial charge in [0.25, 0.3) is 0 Å². The highest BCUT2D eigenvalue weighted by atomic mass is 32.2. The average molecular weight is 499 g/mol. The number of benzene rings is 2. The number of amides is 2. The number of nitrogens with one attached hydrogen (secondary N) is 1. The van der Waals surface area contributed by atoms with E-state index in [-0.39, 0.29) is 35.9 Å². The van der Waals surface area contributed by atoms with E-state index < -0.39 is 9.84 Å². The van der Waals surface area contributed by atoms with Gasteiger partial charge in [-0.05, 0) is 36.6 Å². The minimum Gasteiger partial charge on any atom is -0.325 e. The van der Waals surface area contributed by atoms with E-state index in [1.807, 2.05) is 54.6 Å². The summed E-state index contributed by atoms with van der Waals surface area (Å²) >= 11 is 0. The first-order valence-corrected chi connectivity index (χ1v) is 14.1. The summed E-state index contributed by atoms with van der Waals surface area (Å²) in [4.78, 5) is 31.8. The van der Waals surface area contributed by atoms with Crippen molar-refractivity contribution in [3.8, 4) is 0 Å². The minimum atomic E-state index is -3.11. The summed E-state index contributed by atoms with van der Waals surface area (Å²) < 4.78 is 24.2. The van der Waals surface area contributed by atoms with Gasteiger partial charge in [0.1, 0.15) is 0 Å². The van der Waals surface area contributed by atoms with Gasteiger partial charge in [0, 0.05) is 37.6 Å². The topological polar surface area (TPSA) is 90.0 Å². The van der Waals surface area contributed by atoms with E-state index >= 15 is 0 Å². The van der Waals surface area contributed by atoms with Gasteiger partial charge in [-0.1, -0.05) is 43.3 Å². The van der Waals surface area contributed by atoms with Crippen LogP contribution >= 0.6 is 0 Å². The number of carbonyl (C=O) groups is 2. The summed E-state index contributed by atoms with van der Waals surface area (Å²) in [5, 5.41) is 3.02. The smallest absolute Gasteiger partial charge is 0.241 e. The van der Waals surface area contributed by atoms with Crippen molar-refractivity contribution >= 4 is 33.0 Å². The van der Waals surface area contributed by atoms with Crippen LogP contribution in [-0.4, -0.2) is 86.8 Å². The van der Waals surface area contributed by atoms with Crippen LogP contribution in [0.3, 0.4) is 0 Å². The summed E-state index contributed by atoms with van der Waals surface area (Å²) in [6.07, 6.45) is 1.32. The molecule has 2 fully saturated rings. The highest BCUT2D eigenvalue weighted by Crippen LogP contribution is 2.25. The number of hydrogen-bond donors (Lipinski definition) is 1. The summed E-state index contributed by atoms with van der Waals surface area (Å²) in [6, 6.07) is 16.8. The number of piperazine rings is 1. The first-order chi connectivity index (χ1) is 16.8. The third-order valence-electron chi connectivity index (χ3n) is 6.74. The molecule has 2 aromatic rings. The van der Waals surface area contributed by atoms with E-state index in [1.165, 1.54) is 0 Å². The van der Waals surface area contributed by atoms with Gasteiger partial charge >= 0.3 is 0 Å². The van der Waals surface area contributed by atoms with Gasteiger partial charge < -0.3 is 10.2 Å². The molecule has 0 aromatic heterocycles. The second-order valence-corrected chi connectivity index (χ2v) is 11.5. The molecule has 4 rings (SSSR count). The fraction of sp³-hybridized carbons (Fsp3) is 0.462. The molecule has 2 aromatic carbocycles. The summed E-state index contributed by atoms with van der Waals surface area (Å²) in [5.41, 5.74) is 2.71. The molecule has 1 atom stereocenters. The zero-order valence-corrected chi connectivity index (χ0v) is 21.0. The van der Waals surface area contributed by atoms with Crippen molar-refractivity contribution in [2.45, 2.75) is 25.8 Å². The van der Waals surface area contributed by atoms with Gasteiger partial charge in [0.2, 0.25) is 11.8 Å². The molecule has 188 valence electrons. The molecule has 2 aliphatic rings. The maximum Gasteiger partial charge on any atom is 0.241 e. The van der Waals surface area contributed by atoms with Crippen LogP contribution in [0.4, 0.5) is 11.4 Å². The Morgan fingerprint density at radius 2 is 1.57 bits per heavy atom. The lowest BCUT2D eigenvalue weighted by Crippen LogP contribution is -2.53. The fourth-order valence-electron chi connectivity index (χ4n) is 4.84. The van der Waals surface area contributed by atoms with Crippen molar-refractivity contribution in [1.29, 1.82) is 0 Å². The van der Waals surface area contributed by atoms with E-state index in [0.717, 1.165) is 23.4 Å². The molecule has 2 heterocycles. The van der Waals surface area contributed by atoms with E-state index in [4.69, 9.17) is 0 Å². The molecule has 2 saturated heterocycles. The molecule has 1 N–H and O–H groups in total. The van der Waals surface area contributed by atoms with Crippen molar-refractivity contribution < 1.29 is 18.0 Å². The number of para-hydroxylation sites is 2. The monoisotopic (exact) mass is 498 g/mol. The summed E-state index contributed by atoms with van der Waals surface area (Å²) in [6.45, 7) is 5.35. The average Bonchev–Trinajstić information content (AvgIpc) is 3.20. The molecular weight excluding hydrogens is 464 g/mol. The highest BCUT2D eigenvalue weighted by molar-refractivity contribution is 7.91. The number of anilines is 2. The van der Waals surface area contributed by atoms with Crippen LogP contribution in [0.25, 0.3) is 0 Å². The van der Waals surface area contributed by atoms with Gasteiger partial charge in [0.05, 0.1) is 30.6 Å². The van der Waals surface area contributed by atoms with Crippen LogP contribution in [0.1, 0.15) is 18.9 Å². The van der Waals surface area contributed by atoms with Crippen molar-refractivity contribution in [1.82, 2.24) is 9.80 Å². The Balaban J connectivity index is 1.31. The molecule has 2 aliphatic heterocycles. The number of carbonyl (C=O) groups excluding carboxylic acids is 2. The number of sulfone groups is 1. The molecule has 0 aliphatic carbocycles. The molecule has 0 saturated carbocycles. The first kappa shape index (κ1) is 25.3. The molecule has 8 nitrogen and oxygen atoms in total. The zero-order valence-electron chi connectivity index (χ0n) is 20.2. The Morgan fingerprint density at radius 3 is 2.20 bits per heavy atom. The first-order valence-electron chi connectivity index (χ1n) is 12.2. The third kappa shape index (κ3) is 6.68. The van der Waals surface area contributed by atoms with Crippen molar-refractivity contribution in [3.63, 3.8) is 0 Å². The maximum atomic E-state index is 13.3.